The molecule has 18 N–H and O–H groups in total. The van der Waals surface area contributed by atoms with Gasteiger partial charge in [-0.25, -0.2) is 18.3 Å². The molecule has 0 aromatic heterocycles. The summed E-state index contributed by atoms with van der Waals surface area (Å²) in [6, 6.07) is 0. The van der Waals surface area contributed by atoms with E-state index in [2.05, 4.69) is 8.62 Å². The highest BCUT2D eigenvalue weighted by molar-refractivity contribution is 7.60. The van der Waals surface area contributed by atoms with Crippen molar-refractivity contribution >= 4 is 42.9 Å². The third-order valence-electron chi connectivity index (χ3n) is 3.21. The molecule has 42 heavy (non-hydrogen) atoms. The van der Waals surface area contributed by atoms with Gasteiger partial charge in [-0.2, -0.15) is 8.62 Å². The molecule has 0 rings (SSSR count). The average Bonchev–Trinajstić information content (AvgIpc) is 2.81. The summed E-state index contributed by atoms with van der Waals surface area (Å²) in [6.45, 7) is -3.37. The first kappa shape index (κ1) is 48.4. The second kappa shape index (κ2) is 22.0. The molecular weight excluding hydrogens is 684 g/mol. The molecule has 30 heteroatoms. The third-order valence-corrected chi connectivity index (χ3v) is 6.61. The van der Waals surface area contributed by atoms with Crippen molar-refractivity contribution in [3.05, 3.63) is 0 Å². The van der Waals surface area contributed by atoms with Gasteiger partial charge in [0.15, 0.2) is 11.6 Å². The van der Waals surface area contributed by atoms with Crippen LogP contribution in [0.15, 0.2) is 0 Å². The van der Waals surface area contributed by atoms with Crippen LogP contribution >= 0.6 is 31.3 Å². The van der Waals surface area contributed by atoms with Gasteiger partial charge in [0.05, 0.1) is 13.2 Å². The van der Waals surface area contributed by atoms with E-state index in [1.54, 1.807) is 0 Å². The average molecular weight is 716 g/mol. The number of aliphatic hydroxyl groups is 10. The smallest absolute Gasteiger partial charge is 0.394 e. The highest BCUT2D eigenvalue weighted by Crippen LogP contribution is 2.54. The number of rotatable bonds is 14. The summed E-state index contributed by atoms with van der Waals surface area (Å²) < 4.78 is 44.4. The van der Waals surface area contributed by atoms with Crippen LogP contribution in [0.2, 0.25) is 0 Å². The van der Waals surface area contributed by atoms with Gasteiger partial charge in [-0.15, -0.1) is 0 Å². The molecule has 0 spiro atoms. The van der Waals surface area contributed by atoms with Gasteiger partial charge in [-0.3, -0.25) is 9.59 Å². The Bertz CT molecular complexity index is 831. The largest absolute Gasteiger partial charge is 0.478 e. The lowest BCUT2D eigenvalue weighted by atomic mass is 10.1. The molecule has 0 amide bonds. The Kier molecular flexibility index (Phi) is 25.4. The van der Waals surface area contributed by atoms with Crippen LogP contribution < -0.4 is 0 Å². The molecule has 0 aliphatic rings. The van der Waals surface area contributed by atoms with E-state index in [0.29, 0.717) is 0 Å². The molecule has 0 aromatic rings. The molecule has 6 unspecified atom stereocenters. The van der Waals surface area contributed by atoms with E-state index in [9.17, 15) is 27.8 Å². The number of carbonyl (C=O) groups excluding carboxylic acids is 2. The lowest BCUT2D eigenvalue weighted by Gasteiger charge is -2.19. The summed E-state index contributed by atoms with van der Waals surface area (Å²) in [5.41, 5.74) is 0. The van der Waals surface area contributed by atoms with E-state index < -0.39 is 106 Å². The van der Waals surface area contributed by atoms with Crippen molar-refractivity contribution in [2.24, 2.45) is 0 Å². The molecule has 0 bridgehead atoms. The molecule has 0 aliphatic heterocycles. The zero-order valence-corrected chi connectivity index (χ0v) is 24.0. The van der Waals surface area contributed by atoms with Crippen LogP contribution in [-0.2, 0) is 36.5 Å². The molecule has 6 atom stereocenters. The molecular formula is C12H32O26P4. The fourth-order valence-electron chi connectivity index (χ4n) is 1.48. The van der Waals surface area contributed by atoms with Crippen molar-refractivity contribution in [2.45, 2.75) is 36.6 Å². The fraction of sp³-hybridized carbons (Fsp3) is 0.833. The van der Waals surface area contributed by atoms with Gasteiger partial charge >= 0.3 is 31.3 Å². The Morgan fingerprint density at radius 2 is 0.667 bits per heavy atom. The minimum Gasteiger partial charge on any atom is -0.394 e. The summed E-state index contributed by atoms with van der Waals surface area (Å²) in [4.78, 5) is 83.0. The molecule has 0 saturated heterocycles. The summed E-state index contributed by atoms with van der Waals surface area (Å²) in [7, 11) is -20.2. The SMILES string of the molecule is O=C(CO)C(O)C(O)C(O)CO.O=C(CO)C(O)C(O)C(O)CO.O=P(O)(O)OP(=O)(O)O.O=P(O)(O)OP(=O)(O)O. The summed E-state index contributed by atoms with van der Waals surface area (Å²) in [6.07, 6.45) is -10.4. The van der Waals surface area contributed by atoms with Crippen molar-refractivity contribution in [1.29, 1.82) is 0 Å². The van der Waals surface area contributed by atoms with Gasteiger partial charge in [0.1, 0.15) is 49.8 Å². The van der Waals surface area contributed by atoms with E-state index in [4.69, 9.17) is 90.2 Å². The van der Waals surface area contributed by atoms with Crippen LogP contribution in [0, 0.1) is 0 Å². The zero-order chi connectivity index (χ0) is 34.9. The Morgan fingerprint density at radius 3 is 0.762 bits per heavy atom. The van der Waals surface area contributed by atoms with E-state index >= 15 is 0 Å². The van der Waals surface area contributed by atoms with Gasteiger partial charge in [0, 0.05) is 0 Å². The van der Waals surface area contributed by atoms with E-state index in [-0.39, 0.29) is 0 Å². The zero-order valence-electron chi connectivity index (χ0n) is 20.4. The number of hydrogen-bond donors (Lipinski definition) is 18. The maximum Gasteiger partial charge on any atom is 0.478 e. The standard InChI is InChI=1S/2C6H12O6.2H4O7P2/c2*7-1-3(9)5(11)6(12)4(10)2-8;2*1-8(2,3)7-9(4,5)6/h2*3,5-9,11-12H,1-2H2;2*(H2,1,2,3)(H2,4,5,6). The molecule has 256 valence electrons. The van der Waals surface area contributed by atoms with Gasteiger partial charge in [0.2, 0.25) is 0 Å². The lowest BCUT2D eigenvalue weighted by Crippen LogP contribution is -2.44. The fourth-order valence-corrected chi connectivity index (χ4v) is 3.70. The van der Waals surface area contributed by atoms with Crippen molar-refractivity contribution in [3.63, 3.8) is 0 Å². The number of ketones is 2. The van der Waals surface area contributed by atoms with Crippen molar-refractivity contribution < 1.29 is 127 Å². The summed E-state index contributed by atoms with van der Waals surface area (Å²) in [5, 5.41) is 86.1. The van der Waals surface area contributed by atoms with Crippen LogP contribution in [0.25, 0.3) is 0 Å². The summed E-state index contributed by atoms with van der Waals surface area (Å²) in [5.74, 6) is -2.01. The Hall–Kier alpha value is -0.540. The van der Waals surface area contributed by atoms with Crippen LogP contribution in [0.4, 0.5) is 0 Å². The predicted molar refractivity (Wildman–Crippen MR) is 125 cm³/mol. The van der Waals surface area contributed by atoms with Crippen LogP contribution in [0.5, 0.6) is 0 Å². The Balaban J connectivity index is -0.000000231. The minimum absolute atomic E-state index is 0.767. The normalized spacial score (nSPS) is 16.4. The quantitative estimate of drug-likeness (QED) is 0.0742. The monoisotopic (exact) mass is 716 g/mol. The second-order valence-corrected chi connectivity index (χ2v) is 12.0. The minimum atomic E-state index is -5.05. The molecule has 0 aromatic carbocycles. The maximum absolute atomic E-state index is 10.5. The molecule has 0 fully saturated rings. The van der Waals surface area contributed by atoms with Crippen molar-refractivity contribution in [3.8, 4) is 0 Å². The van der Waals surface area contributed by atoms with E-state index in [1.807, 2.05) is 0 Å². The van der Waals surface area contributed by atoms with Crippen LogP contribution in [0.1, 0.15) is 0 Å². The highest BCUT2D eigenvalue weighted by Gasteiger charge is 2.30. The number of Topliss-reactive ketones (excluding diaryl/α,β-unsaturated/α-hetero) is 2. The van der Waals surface area contributed by atoms with Crippen LogP contribution in [-0.4, -0.2) is 165 Å². The number of carbonyl (C=O) groups is 2. The first-order chi connectivity index (χ1) is 18.5. The molecule has 26 nitrogen and oxygen atoms in total. The topological polar surface area (TPSA) is 485 Å². The van der Waals surface area contributed by atoms with Gasteiger partial charge in [0.25, 0.3) is 0 Å². The first-order valence-corrected chi connectivity index (χ1v) is 15.8. The molecule has 0 aliphatic carbocycles. The van der Waals surface area contributed by atoms with Gasteiger partial charge in [-0.1, -0.05) is 0 Å². The van der Waals surface area contributed by atoms with Crippen molar-refractivity contribution in [1.82, 2.24) is 0 Å². The number of hydrogen-bond acceptors (Lipinski definition) is 18. The number of aliphatic hydroxyl groups excluding tert-OH is 10. The Morgan fingerprint density at radius 1 is 0.476 bits per heavy atom. The van der Waals surface area contributed by atoms with Gasteiger partial charge < -0.3 is 90.2 Å². The first-order valence-electron chi connectivity index (χ1n) is 9.72. The second-order valence-electron chi connectivity index (χ2n) is 6.75. The molecule has 0 heterocycles. The molecule has 0 radical (unpaired) electrons. The van der Waals surface area contributed by atoms with Crippen LogP contribution in [0.3, 0.4) is 0 Å². The number of phosphoric acid groups is 4. The van der Waals surface area contributed by atoms with E-state index in [0.717, 1.165) is 0 Å². The predicted octanol–water partition coefficient (Wildman–Crippen LogP) is -8.38. The van der Waals surface area contributed by atoms with E-state index in [1.165, 1.54) is 0 Å². The van der Waals surface area contributed by atoms with Crippen molar-refractivity contribution in [2.75, 3.05) is 26.4 Å². The maximum atomic E-state index is 10.5. The molecule has 0 saturated carbocycles. The Labute approximate surface area is 233 Å². The third kappa shape index (κ3) is 30.9. The lowest BCUT2D eigenvalue weighted by molar-refractivity contribution is -0.143. The highest BCUT2D eigenvalue weighted by atomic mass is 31.3. The van der Waals surface area contributed by atoms with Gasteiger partial charge in [-0.05, 0) is 0 Å². The summed E-state index contributed by atoms with van der Waals surface area (Å²) >= 11 is 0.